The number of hydrogen-bond acceptors (Lipinski definition) is 3. The molecule has 0 radical (unpaired) electrons. The minimum Gasteiger partial charge on any atom is -0.382 e. The number of ether oxygens (including phenoxy) is 1. The average molecular weight is 356 g/mol. The quantitative estimate of drug-likeness (QED) is 0.765. The largest absolute Gasteiger partial charge is 0.382 e. The number of nitrogens with one attached hydrogen (secondary N) is 1. The predicted octanol–water partition coefficient (Wildman–Crippen LogP) is 3.92. The van der Waals surface area contributed by atoms with E-state index in [0.717, 1.165) is 25.3 Å². The van der Waals surface area contributed by atoms with Gasteiger partial charge in [0.15, 0.2) is 0 Å². The first kappa shape index (κ1) is 16.0. The third-order valence-electron chi connectivity index (χ3n) is 2.95. The molecule has 6 heteroatoms. The van der Waals surface area contributed by atoms with Crippen LogP contribution in [0, 0.1) is 12.7 Å². The second-order valence-corrected chi connectivity index (χ2v) is 5.56. The summed E-state index contributed by atoms with van der Waals surface area (Å²) in [4.78, 5) is 4.40. The fourth-order valence-corrected chi connectivity index (χ4v) is 2.33. The molecule has 1 N–H and O–H groups in total. The monoisotopic (exact) mass is 355 g/mol. The number of aryl methyl sites for hydroxylation is 1. The molecule has 1 aromatic carbocycles. The molecule has 0 aliphatic rings. The van der Waals surface area contributed by atoms with E-state index in [2.05, 4.69) is 26.2 Å². The predicted molar refractivity (Wildman–Crippen MR) is 85.6 cm³/mol. The van der Waals surface area contributed by atoms with E-state index < -0.39 is 0 Å². The number of benzene rings is 1. The van der Waals surface area contributed by atoms with E-state index in [4.69, 9.17) is 4.74 Å². The van der Waals surface area contributed by atoms with Gasteiger partial charge in [0.05, 0.1) is 11.4 Å². The van der Waals surface area contributed by atoms with E-state index in [-0.39, 0.29) is 5.82 Å². The summed E-state index contributed by atoms with van der Waals surface area (Å²) in [5.74, 6) is 0.351. The molecule has 1 aromatic heterocycles. The van der Waals surface area contributed by atoms with Gasteiger partial charge in [-0.1, -0.05) is 15.9 Å². The Morgan fingerprint density at radius 2 is 2.24 bits per heavy atom. The number of hydrogen-bond donors (Lipinski definition) is 1. The molecular weight excluding hydrogens is 337 g/mol. The highest BCUT2D eigenvalue weighted by Crippen LogP contribution is 2.22. The Morgan fingerprint density at radius 3 is 2.95 bits per heavy atom. The molecule has 21 heavy (non-hydrogen) atoms. The summed E-state index contributed by atoms with van der Waals surface area (Å²) in [5.41, 5.74) is 1.32. The minimum atomic E-state index is -0.292. The SMILES string of the molecule is CCOCCCNc1nc(C)cn1-c1ccc(Br)cc1F. The number of halogens is 2. The summed E-state index contributed by atoms with van der Waals surface area (Å²) in [6.45, 7) is 6.01. The Morgan fingerprint density at radius 1 is 1.43 bits per heavy atom. The summed E-state index contributed by atoms with van der Waals surface area (Å²) in [7, 11) is 0. The molecule has 2 aromatic rings. The fourth-order valence-electron chi connectivity index (χ4n) is 2.00. The van der Waals surface area contributed by atoms with Gasteiger partial charge in [0, 0.05) is 30.4 Å². The topological polar surface area (TPSA) is 39.1 Å². The second-order valence-electron chi connectivity index (χ2n) is 4.65. The van der Waals surface area contributed by atoms with Crippen molar-refractivity contribution in [3.63, 3.8) is 0 Å². The van der Waals surface area contributed by atoms with Crippen molar-refractivity contribution in [1.29, 1.82) is 0 Å². The van der Waals surface area contributed by atoms with Gasteiger partial charge in [0.25, 0.3) is 0 Å². The van der Waals surface area contributed by atoms with Gasteiger partial charge in [-0.25, -0.2) is 9.37 Å². The summed E-state index contributed by atoms with van der Waals surface area (Å²) in [5, 5.41) is 3.23. The average Bonchev–Trinajstić information content (AvgIpc) is 2.79. The van der Waals surface area contributed by atoms with Crippen LogP contribution in [0.5, 0.6) is 0 Å². The van der Waals surface area contributed by atoms with Crippen LogP contribution in [0.15, 0.2) is 28.9 Å². The van der Waals surface area contributed by atoms with E-state index in [1.165, 1.54) is 6.07 Å². The molecule has 0 spiro atoms. The van der Waals surface area contributed by atoms with Gasteiger partial charge < -0.3 is 10.1 Å². The summed E-state index contributed by atoms with van der Waals surface area (Å²) in [6.07, 6.45) is 2.69. The lowest BCUT2D eigenvalue weighted by Crippen LogP contribution is -2.10. The van der Waals surface area contributed by atoms with Crippen molar-refractivity contribution in [3.05, 3.63) is 40.4 Å². The van der Waals surface area contributed by atoms with Crippen LogP contribution in [0.25, 0.3) is 5.69 Å². The highest BCUT2D eigenvalue weighted by Gasteiger charge is 2.11. The van der Waals surface area contributed by atoms with Gasteiger partial charge in [-0.05, 0) is 38.5 Å². The van der Waals surface area contributed by atoms with Crippen LogP contribution >= 0.6 is 15.9 Å². The van der Waals surface area contributed by atoms with Crippen LogP contribution in [0.4, 0.5) is 10.3 Å². The lowest BCUT2D eigenvalue weighted by Gasteiger charge is -2.11. The summed E-state index contributed by atoms with van der Waals surface area (Å²) >= 11 is 3.26. The maximum Gasteiger partial charge on any atom is 0.207 e. The van der Waals surface area contributed by atoms with Gasteiger partial charge >= 0.3 is 0 Å². The minimum absolute atomic E-state index is 0.292. The molecule has 0 saturated heterocycles. The second kappa shape index (κ2) is 7.56. The van der Waals surface area contributed by atoms with Crippen molar-refractivity contribution in [2.75, 3.05) is 25.1 Å². The molecule has 4 nitrogen and oxygen atoms in total. The van der Waals surface area contributed by atoms with Crippen molar-refractivity contribution in [2.24, 2.45) is 0 Å². The molecule has 0 saturated carbocycles. The fraction of sp³-hybridized carbons (Fsp3) is 0.400. The van der Waals surface area contributed by atoms with Crippen LogP contribution in [0.3, 0.4) is 0 Å². The van der Waals surface area contributed by atoms with Crippen molar-refractivity contribution < 1.29 is 9.13 Å². The van der Waals surface area contributed by atoms with Crippen LogP contribution in [0.1, 0.15) is 19.0 Å². The van der Waals surface area contributed by atoms with Crippen molar-refractivity contribution >= 4 is 21.9 Å². The van der Waals surface area contributed by atoms with Crippen LogP contribution in [-0.2, 0) is 4.74 Å². The van der Waals surface area contributed by atoms with Crippen molar-refractivity contribution in [1.82, 2.24) is 9.55 Å². The number of rotatable bonds is 7. The third-order valence-corrected chi connectivity index (χ3v) is 3.44. The van der Waals surface area contributed by atoms with Gasteiger partial charge in [-0.3, -0.25) is 4.57 Å². The van der Waals surface area contributed by atoms with E-state index in [9.17, 15) is 4.39 Å². The van der Waals surface area contributed by atoms with Crippen LogP contribution in [0.2, 0.25) is 0 Å². The highest BCUT2D eigenvalue weighted by molar-refractivity contribution is 9.10. The van der Waals surface area contributed by atoms with Gasteiger partial charge in [0.1, 0.15) is 5.82 Å². The zero-order valence-corrected chi connectivity index (χ0v) is 13.8. The van der Waals surface area contributed by atoms with Crippen LogP contribution < -0.4 is 5.32 Å². The van der Waals surface area contributed by atoms with E-state index in [0.29, 0.717) is 22.7 Å². The molecule has 0 fully saturated rings. The maximum atomic E-state index is 14.1. The van der Waals surface area contributed by atoms with Gasteiger partial charge in [-0.2, -0.15) is 0 Å². The van der Waals surface area contributed by atoms with Crippen LogP contribution in [-0.4, -0.2) is 29.3 Å². The Balaban J connectivity index is 2.13. The van der Waals surface area contributed by atoms with E-state index >= 15 is 0 Å². The smallest absolute Gasteiger partial charge is 0.207 e. The molecule has 0 aliphatic carbocycles. The van der Waals surface area contributed by atoms with E-state index in [1.54, 1.807) is 10.6 Å². The molecular formula is C15H19BrFN3O. The van der Waals surface area contributed by atoms with Crippen molar-refractivity contribution in [3.8, 4) is 5.69 Å². The molecule has 114 valence electrons. The number of anilines is 1. The van der Waals surface area contributed by atoms with E-state index in [1.807, 2.05) is 26.1 Å². The maximum absolute atomic E-state index is 14.1. The number of aromatic nitrogens is 2. The summed E-state index contributed by atoms with van der Waals surface area (Å²) < 4.78 is 21.8. The molecule has 2 rings (SSSR count). The first-order valence-corrected chi connectivity index (χ1v) is 7.74. The normalized spacial score (nSPS) is 10.9. The van der Waals surface area contributed by atoms with Gasteiger partial charge in [-0.15, -0.1) is 0 Å². The zero-order chi connectivity index (χ0) is 15.2. The molecule has 0 unspecified atom stereocenters. The first-order chi connectivity index (χ1) is 10.1. The third kappa shape index (κ3) is 4.28. The van der Waals surface area contributed by atoms with Gasteiger partial charge in [0.2, 0.25) is 5.95 Å². The molecule has 1 heterocycles. The Labute approximate surface area is 132 Å². The standard InChI is InChI=1S/C15H19BrFN3O/c1-3-21-8-4-7-18-15-19-11(2)10-20(15)14-6-5-12(16)9-13(14)17/h5-6,9-10H,3-4,7-8H2,1-2H3,(H,18,19). The molecule has 0 aliphatic heterocycles. The zero-order valence-electron chi connectivity index (χ0n) is 12.2. The van der Waals surface area contributed by atoms with Crippen molar-refractivity contribution in [2.45, 2.75) is 20.3 Å². The Kier molecular flexibility index (Phi) is 5.76. The Hall–Kier alpha value is -1.40. The highest BCUT2D eigenvalue weighted by atomic mass is 79.9. The molecule has 0 bridgehead atoms. The lowest BCUT2D eigenvalue weighted by atomic mass is 10.3. The summed E-state index contributed by atoms with van der Waals surface area (Å²) in [6, 6.07) is 4.99. The first-order valence-electron chi connectivity index (χ1n) is 6.95. The number of imidazole rings is 1. The molecule has 0 amide bonds. The lowest BCUT2D eigenvalue weighted by molar-refractivity contribution is 0.147. The number of nitrogens with zero attached hydrogens (tertiary/aromatic N) is 2. The molecule has 0 atom stereocenters. The Bertz CT molecular complexity index is 601.